The number of carbonyl (C=O) groups is 1. The molecule has 2 nitrogen and oxygen atoms in total. The maximum atomic E-state index is 12.0. The van der Waals surface area contributed by atoms with Gasteiger partial charge in [-0.1, -0.05) is 58.0 Å². The normalized spacial score (nSPS) is 27.5. The molecule has 0 bridgehead atoms. The van der Waals surface area contributed by atoms with Crippen LogP contribution in [-0.4, -0.2) is 12.6 Å². The third-order valence-electron chi connectivity index (χ3n) is 5.93. The molecule has 2 atom stereocenters. The lowest BCUT2D eigenvalue weighted by molar-refractivity contribution is -0.149. The molecule has 0 amide bonds. The van der Waals surface area contributed by atoms with Crippen LogP contribution in [0.2, 0.25) is 0 Å². The lowest BCUT2D eigenvalue weighted by Crippen LogP contribution is -2.37. The van der Waals surface area contributed by atoms with Crippen LogP contribution in [0.1, 0.15) is 52.5 Å². The Morgan fingerprint density at radius 3 is 2.48 bits per heavy atom. The quantitative estimate of drug-likeness (QED) is 0.739. The highest BCUT2D eigenvalue weighted by atomic mass is 16.5. The van der Waals surface area contributed by atoms with E-state index < -0.39 is 0 Å². The molecule has 1 aromatic rings. The number of benzene rings is 1. The van der Waals surface area contributed by atoms with Gasteiger partial charge in [0.05, 0.1) is 6.61 Å². The number of hydrogen-bond donors (Lipinski definition) is 0. The van der Waals surface area contributed by atoms with Crippen LogP contribution in [-0.2, 0) is 16.0 Å². The molecule has 0 aliphatic heterocycles. The summed E-state index contributed by atoms with van der Waals surface area (Å²) in [6, 6.07) is 10.1. The summed E-state index contributed by atoms with van der Waals surface area (Å²) in [7, 11) is 0. The van der Waals surface area contributed by atoms with Gasteiger partial charge in [0, 0.05) is 11.8 Å². The Hall–Kier alpha value is -1.31. The van der Waals surface area contributed by atoms with E-state index in [0.717, 1.165) is 12.8 Å². The van der Waals surface area contributed by atoms with E-state index in [1.165, 1.54) is 12.0 Å². The Morgan fingerprint density at radius 1 is 1.24 bits per heavy atom. The van der Waals surface area contributed by atoms with Crippen molar-refractivity contribution in [1.82, 2.24) is 0 Å². The smallest absolute Gasteiger partial charge is 0.306 e. The van der Waals surface area contributed by atoms with Crippen LogP contribution in [0, 0.1) is 16.7 Å². The molecule has 1 fully saturated rings. The predicted octanol–water partition coefficient (Wildman–Crippen LogP) is 4.62. The number of aryl methyl sites for hydroxylation is 1. The van der Waals surface area contributed by atoms with Gasteiger partial charge in [-0.25, -0.2) is 0 Å². The number of esters is 1. The summed E-state index contributed by atoms with van der Waals surface area (Å²) in [5.41, 5.74) is 1.53. The van der Waals surface area contributed by atoms with Gasteiger partial charge in [-0.2, -0.15) is 0 Å². The van der Waals surface area contributed by atoms with Crippen LogP contribution in [0.5, 0.6) is 0 Å². The van der Waals surface area contributed by atoms with Crippen LogP contribution in [0.15, 0.2) is 30.3 Å². The number of hydrogen-bond acceptors (Lipinski definition) is 2. The van der Waals surface area contributed by atoms with Crippen LogP contribution in [0.25, 0.3) is 0 Å². The Bertz CT molecular complexity index is 478. The molecule has 116 valence electrons. The van der Waals surface area contributed by atoms with Crippen LogP contribution in [0.3, 0.4) is 0 Å². The second-order valence-corrected chi connectivity index (χ2v) is 7.37. The average Bonchev–Trinajstić information content (AvgIpc) is 2.68. The monoisotopic (exact) mass is 288 g/mol. The molecule has 0 spiro atoms. The number of carbonyl (C=O) groups excluding carboxylic acids is 1. The van der Waals surface area contributed by atoms with Gasteiger partial charge < -0.3 is 4.74 Å². The SMILES string of the molecule is CC1CCC(C)(COC(=O)CCc2ccccc2)C1(C)C. The molecular weight excluding hydrogens is 260 g/mol. The lowest BCUT2D eigenvalue weighted by Gasteiger charge is -2.40. The zero-order valence-electron chi connectivity index (χ0n) is 13.8. The van der Waals surface area contributed by atoms with Crippen molar-refractivity contribution in [2.24, 2.45) is 16.7 Å². The van der Waals surface area contributed by atoms with Gasteiger partial charge in [-0.3, -0.25) is 4.79 Å². The summed E-state index contributed by atoms with van der Waals surface area (Å²) in [6.07, 6.45) is 3.60. The summed E-state index contributed by atoms with van der Waals surface area (Å²) in [6.45, 7) is 9.74. The minimum Gasteiger partial charge on any atom is -0.465 e. The van der Waals surface area contributed by atoms with Gasteiger partial charge in [0.25, 0.3) is 0 Å². The summed E-state index contributed by atoms with van der Waals surface area (Å²) < 4.78 is 5.60. The first-order chi connectivity index (χ1) is 9.85. The fourth-order valence-electron chi connectivity index (χ4n) is 3.27. The van der Waals surface area contributed by atoms with E-state index >= 15 is 0 Å². The maximum absolute atomic E-state index is 12.0. The Balaban J connectivity index is 1.82. The molecule has 0 heterocycles. The van der Waals surface area contributed by atoms with Gasteiger partial charge in [0.15, 0.2) is 0 Å². The Kier molecular flexibility index (Phi) is 4.75. The average molecular weight is 288 g/mol. The molecule has 0 radical (unpaired) electrons. The third-order valence-corrected chi connectivity index (χ3v) is 5.93. The molecule has 2 heteroatoms. The zero-order chi connectivity index (χ0) is 15.5. The van der Waals surface area contributed by atoms with E-state index in [2.05, 4.69) is 39.8 Å². The van der Waals surface area contributed by atoms with Gasteiger partial charge >= 0.3 is 5.97 Å². The van der Waals surface area contributed by atoms with Crippen molar-refractivity contribution >= 4 is 5.97 Å². The highest BCUT2D eigenvalue weighted by Gasteiger charge is 2.50. The van der Waals surface area contributed by atoms with Crippen molar-refractivity contribution in [2.45, 2.75) is 53.4 Å². The largest absolute Gasteiger partial charge is 0.465 e. The van der Waals surface area contributed by atoms with E-state index in [4.69, 9.17) is 4.74 Å². The van der Waals surface area contributed by atoms with Crippen molar-refractivity contribution in [3.05, 3.63) is 35.9 Å². The summed E-state index contributed by atoms with van der Waals surface area (Å²) in [4.78, 5) is 12.0. The fourth-order valence-corrected chi connectivity index (χ4v) is 3.27. The van der Waals surface area contributed by atoms with E-state index in [0.29, 0.717) is 18.9 Å². The van der Waals surface area contributed by atoms with Gasteiger partial charge in [-0.15, -0.1) is 0 Å². The molecule has 1 saturated carbocycles. The first kappa shape index (κ1) is 16.1. The number of rotatable bonds is 5. The second kappa shape index (κ2) is 6.21. The van der Waals surface area contributed by atoms with Crippen molar-refractivity contribution < 1.29 is 9.53 Å². The first-order valence-electron chi connectivity index (χ1n) is 8.05. The fraction of sp³-hybridized carbons (Fsp3) is 0.632. The highest BCUT2D eigenvalue weighted by molar-refractivity contribution is 5.69. The van der Waals surface area contributed by atoms with E-state index in [-0.39, 0.29) is 16.8 Å². The molecular formula is C19H28O2. The van der Waals surface area contributed by atoms with Gasteiger partial charge in [-0.05, 0) is 36.2 Å². The van der Waals surface area contributed by atoms with Crippen molar-refractivity contribution in [2.75, 3.05) is 6.61 Å². The van der Waals surface area contributed by atoms with Crippen molar-refractivity contribution in [1.29, 1.82) is 0 Å². The van der Waals surface area contributed by atoms with Gasteiger partial charge in [0.1, 0.15) is 0 Å². The maximum Gasteiger partial charge on any atom is 0.306 e. The third kappa shape index (κ3) is 3.48. The van der Waals surface area contributed by atoms with Crippen molar-refractivity contribution in [3.63, 3.8) is 0 Å². The predicted molar refractivity (Wildman–Crippen MR) is 86.0 cm³/mol. The van der Waals surface area contributed by atoms with Crippen LogP contribution < -0.4 is 0 Å². The molecule has 1 aliphatic rings. The Morgan fingerprint density at radius 2 is 1.90 bits per heavy atom. The second-order valence-electron chi connectivity index (χ2n) is 7.37. The lowest BCUT2D eigenvalue weighted by atomic mass is 9.66. The summed E-state index contributed by atoms with van der Waals surface area (Å²) >= 11 is 0. The minimum atomic E-state index is -0.0737. The molecule has 0 aromatic heterocycles. The first-order valence-corrected chi connectivity index (χ1v) is 8.05. The standard InChI is InChI=1S/C19H28O2/c1-15-12-13-19(4,18(15,2)3)14-21-17(20)11-10-16-8-6-5-7-9-16/h5-9,15H,10-14H2,1-4H3. The molecule has 1 aromatic carbocycles. The minimum absolute atomic E-state index is 0.0737. The molecule has 21 heavy (non-hydrogen) atoms. The molecule has 1 aliphatic carbocycles. The van der Waals surface area contributed by atoms with E-state index in [9.17, 15) is 4.79 Å². The molecule has 0 saturated heterocycles. The van der Waals surface area contributed by atoms with Gasteiger partial charge in [0.2, 0.25) is 0 Å². The summed E-state index contributed by atoms with van der Waals surface area (Å²) in [5, 5.41) is 0. The topological polar surface area (TPSA) is 26.3 Å². The Labute approximate surface area is 128 Å². The van der Waals surface area contributed by atoms with Crippen LogP contribution in [0.4, 0.5) is 0 Å². The summed E-state index contributed by atoms with van der Waals surface area (Å²) in [5.74, 6) is 0.612. The molecule has 0 N–H and O–H groups in total. The molecule has 2 rings (SSSR count). The highest BCUT2D eigenvalue weighted by Crippen LogP contribution is 2.55. The number of ether oxygens (including phenoxy) is 1. The van der Waals surface area contributed by atoms with Crippen LogP contribution >= 0.6 is 0 Å². The molecule has 2 unspecified atom stereocenters. The van der Waals surface area contributed by atoms with E-state index in [1.54, 1.807) is 0 Å². The zero-order valence-corrected chi connectivity index (χ0v) is 13.8. The van der Waals surface area contributed by atoms with E-state index in [1.807, 2.05) is 18.2 Å². The van der Waals surface area contributed by atoms with Crippen molar-refractivity contribution in [3.8, 4) is 0 Å².